The predicted molar refractivity (Wildman–Crippen MR) is 51.9 cm³/mol. The second kappa shape index (κ2) is 8.69. The van der Waals surface area contributed by atoms with Crippen molar-refractivity contribution in [2.75, 3.05) is 20.3 Å². The molecule has 0 N–H and O–H groups in total. The monoisotopic (exact) mass is 202 g/mol. The fourth-order valence-electron chi connectivity index (χ4n) is 0.983. The number of aldehydes is 1. The predicted octanol–water partition coefficient (Wildman–Crippen LogP) is 1.18. The number of carbonyl (C=O) groups excluding carboxylic acids is 2. The van der Waals surface area contributed by atoms with E-state index >= 15 is 0 Å². The second-order valence-electron chi connectivity index (χ2n) is 3.06. The van der Waals surface area contributed by atoms with Crippen LogP contribution in [-0.2, 0) is 19.1 Å². The van der Waals surface area contributed by atoms with Crippen LogP contribution in [0.15, 0.2) is 0 Å². The van der Waals surface area contributed by atoms with Gasteiger partial charge < -0.3 is 14.3 Å². The van der Waals surface area contributed by atoms with Crippen LogP contribution in [0.25, 0.3) is 0 Å². The molecule has 0 saturated carbocycles. The van der Waals surface area contributed by atoms with Gasteiger partial charge in [0, 0.05) is 19.4 Å². The highest BCUT2D eigenvalue weighted by Crippen LogP contribution is 2.08. The van der Waals surface area contributed by atoms with Crippen molar-refractivity contribution >= 4 is 12.3 Å². The van der Waals surface area contributed by atoms with E-state index in [1.807, 2.05) is 6.92 Å². The summed E-state index contributed by atoms with van der Waals surface area (Å²) in [5.74, 6) is -0.285. The Bertz CT molecular complexity index is 168. The maximum absolute atomic E-state index is 11.1. The van der Waals surface area contributed by atoms with Crippen molar-refractivity contribution in [1.82, 2.24) is 0 Å². The number of rotatable bonds is 8. The second-order valence-corrected chi connectivity index (χ2v) is 3.06. The van der Waals surface area contributed by atoms with Gasteiger partial charge in [-0.3, -0.25) is 4.79 Å². The number of methoxy groups -OCH3 is 1. The molecule has 0 heterocycles. The Morgan fingerprint density at radius 2 is 2.14 bits per heavy atom. The van der Waals surface area contributed by atoms with E-state index in [4.69, 9.17) is 9.47 Å². The lowest BCUT2D eigenvalue weighted by atomic mass is 10.0. The SMILES string of the molecule is CCC(C=O)CCC(=O)OCCOC. The van der Waals surface area contributed by atoms with Crippen LogP contribution in [0.1, 0.15) is 26.2 Å². The van der Waals surface area contributed by atoms with Gasteiger partial charge in [-0.25, -0.2) is 0 Å². The normalized spacial score (nSPS) is 12.1. The molecule has 0 aromatic rings. The summed E-state index contributed by atoms with van der Waals surface area (Å²) in [5, 5.41) is 0. The number of ether oxygens (including phenoxy) is 2. The molecule has 82 valence electrons. The van der Waals surface area contributed by atoms with Crippen LogP contribution in [0.4, 0.5) is 0 Å². The van der Waals surface area contributed by atoms with Crippen molar-refractivity contribution in [2.45, 2.75) is 26.2 Å². The third-order valence-corrected chi connectivity index (χ3v) is 1.99. The average molecular weight is 202 g/mol. The van der Waals surface area contributed by atoms with Gasteiger partial charge >= 0.3 is 5.97 Å². The highest BCUT2D eigenvalue weighted by molar-refractivity contribution is 5.70. The Kier molecular flexibility index (Phi) is 8.13. The van der Waals surface area contributed by atoms with E-state index in [0.29, 0.717) is 19.4 Å². The molecule has 0 fully saturated rings. The standard InChI is InChI=1S/C10H18O4/c1-3-9(8-11)4-5-10(12)14-7-6-13-2/h8-9H,3-7H2,1-2H3. The number of hydrogen-bond acceptors (Lipinski definition) is 4. The molecule has 0 aromatic heterocycles. The van der Waals surface area contributed by atoms with Crippen molar-refractivity contribution in [2.24, 2.45) is 5.92 Å². The molecule has 0 bridgehead atoms. The van der Waals surface area contributed by atoms with Gasteiger partial charge in [0.2, 0.25) is 0 Å². The minimum Gasteiger partial charge on any atom is -0.463 e. The molecule has 0 amide bonds. The van der Waals surface area contributed by atoms with E-state index in [1.54, 1.807) is 7.11 Å². The van der Waals surface area contributed by atoms with Crippen LogP contribution in [0, 0.1) is 5.92 Å². The highest BCUT2D eigenvalue weighted by Gasteiger charge is 2.08. The summed E-state index contributed by atoms with van der Waals surface area (Å²) in [6.45, 7) is 2.62. The summed E-state index contributed by atoms with van der Waals surface area (Å²) in [7, 11) is 1.55. The number of esters is 1. The summed E-state index contributed by atoms with van der Waals surface area (Å²) >= 11 is 0. The van der Waals surface area contributed by atoms with Crippen LogP contribution in [0.2, 0.25) is 0 Å². The summed E-state index contributed by atoms with van der Waals surface area (Å²) in [6, 6.07) is 0. The van der Waals surface area contributed by atoms with Crippen molar-refractivity contribution in [1.29, 1.82) is 0 Å². The molecule has 0 saturated heterocycles. The van der Waals surface area contributed by atoms with Gasteiger partial charge in [0.05, 0.1) is 6.61 Å². The van der Waals surface area contributed by atoms with Crippen LogP contribution >= 0.6 is 0 Å². The van der Waals surface area contributed by atoms with Crippen LogP contribution in [0.5, 0.6) is 0 Å². The summed E-state index contributed by atoms with van der Waals surface area (Å²) in [5.41, 5.74) is 0. The molecule has 0 aromatic carbocycles. The van der Waals surface area contributed by atoms with Crippen molar-refractivity contribution < 1.29 is 19.1 Å². The quantitative estimate of drug-likeness (QED) is 0.337. The Morgan fingerprint density at radius 3 is 2.64 bits per heavy atom. The minimum atomic E-state index is -0.262. The first-order valence-electron chi connectivity index (χ1n) is 4.84. The Labute approximate surface area is 84.6 Å². The van der Waals surface area contributed by atoms with Gasteiger partial charge in [-0.1, -0.05) is 6.92 Å². The lowest BCUT2D eigenvalue weighted by Crippen LogP contribution is -2.11. The molecular weight excluding hydrogens is 184 g/mol. The van der Waals surface area contributed by atoms with E-state index < -0.39 is 0 Å². The minimum absolute atomic E-state index is 0.0232. The van der Waals surface area contributed by atoms with E-state index in [1.165, 1.54) is 0 Å². The fraction of sp³-hybridized carbons (Fsp3) is 0.800. The lowest BCUT2D eigenvalue weighted by Gasteiger charge is -2.06. The van der Waals surface area contributed by atoms with E-state index in [9.17, 15) is 9.59 Å². The maximum atomic E-state index is 11.1. The maximum Gasteiger partial charge on any atom is 0.305 e. The number of hydrogen-bond donors (Lipinski definition) is 0. The van der Waals surface area contributed by atoms with Gasteiger partial charge in [-0.2, -0.15) is 0 Å². The van der Waals surface area contributed by atoms with Crippen molar-refractivity contribution in [3.8, 4) is 0 Å². The van der Waals surface area contributed by atoms with Crippen LogP contribution in [0.3, 0.4) is 0 Å². The van der Waals surface area contributed by atoms with Crippen molar-refractivity contribution in [3.63, 3.8) is 0 Å². The first-order valence-corrected chi connectivity index (χ1v) is 4.84. The highest BCUT2D eigenvalue weighted by atomic mass is 16.6. The lowest BCUT2D eigenvalue weighted by molar-refractivity contribution is -0.145. The first kappa shape index (κ1) is 13.1. The molecule has 4 heteroatoms. The smallest absolute Gasteiger partial charge is 0.305 e. The van der Waals surface area contributed by atoms with Crippen molar-refractivity contribution in [3.05, 3.63) is 0 Å². The van der Waals surface area contributed by atoms with E-state index in [-0.39, 0.29) is 18.5 Å². The molecular formula is C10H18O4. The Hall–Kier alpha value is -0.900. The van der Waals surface area contributed by atoms with Gasteiger partial charge in [-0.15, -0.1) is 0 Å². The summed E-state index contributed by atoms with van der Waals surface area (Å²) < 4.78 is 9.57. The fourth-order valence-corrected chi connectivity index (χ4v) is 0.983. The van der Waals surface area contributed by atoms with Gasteiger partial charge in [0.15, 0.2) is 0 Å². The molecule has 4 nitrogen and oxygen atoms in total. The molecule has 0 radical (unpaired) electrons. The summed E-state index contributed by atoms with van der Waals surface area (Å²) in [6.07, 6.45) is 2.55. The zero-order valence-corrected chi connectivity index (χ0v) is 8.82. The van der Waals surface area contributed by atoms with E-state index in [2.05, 4.69) is 0 Å². The summed E-state index contributed by atoms with van der Waals surface area (Å²) in [4.78, 5) is 21.5. The van der Waals surface area contributed by atoms with E-state index in [0.717, 1.165) is 12.7 Å². The van der Waals surface area contributed by atoms with Crippen LogP contribution in [-0.4, -0.2) is 32.6 Å². The molecule has 0 spiro atoms. The molecule has 0 aliphatic carbocycles. The Morgan fingerprint density at radius 1 is 1.43 bits per heavy atom. The Balaban J connectivity index is 3.47. The zero-order valence-electron chi connectivity index (χ0n) is 8.82. The van der Waals surface area contributed by atoms with Gasteiger partial charge in [-0.05, 0) is 12.8 Å². The molecule has 0 rings (SSSR count). The third kappa shape index (κ3) is 6.60. The third-order valence-electron chi connectivity index (χ3n) is 1.99. The molecule has 1 unspecified atom stereocenters. The molecule has 1 atom stereocenters. The first-order chi connectivity index (χ1) is 6.74. The largest absolute Gasteiger partial charge is 0.463 e. The zero-order chi connectivity index (χ0) is 10.8. The van der Waals surface area contributed by atoms with Gasteiger partial charge in [0.1, 0.15) is 12.9 Å². The van der Waals surface area contributed by atoms with Gasteiger partial charge in [0.25, 0.3) is 0 Å². The molecule has 0 aliphatic rings. The average Bonchev–Trinajstić information content (AvgIpc) is 2.20. The topological polar surface area (TPSA) is 52.6 Å². The number of carbonyl (C=O) groups is 2. The molecule has 0 aliphatic heterocycles. The van der Waals surface area contributed by atoms with Crippen LogP contribution < -0.4 is 0 Å². The molecule has 14 heavy (non-hydrogen) atoms.